The van der Waals surface area contributed by atoms with Gasteiger partial charge in [0.25, 0.3) is 5.69 Å². The second kappa shape index (κ2) is 7.32. The van der Waals surface area contributed by atoms with Crippen molar-refractivity contribution < 1.29 is 13.3 Å². The number of benzene rings is 1. The molecule has 0 aliphatic heterocycles. The van der Waals surface area contributed by atoms with Gasteiger partial charge in [0.1, 0.15) is 0 Å². The van der Waals surface area contributed by atoms with Crippen LogP contribution in [0.15, 0.2) is 24.3 Å². The van der Waals surface area contributed by atoms with Crippen LogP contribution in [0, 0.1) is 10.1 Å². The Kier molecular flexibility index (Phi) is 6.05. The lowest BCUT2D eigenvalue weighted by atomic mass is 10.2. The van der Waals surface area contributed by atoms with Crippen LogP contribution >= 0.6 is 0 Å². The molecule has 0 bridgehead atoms. The Morgan fingerprint density at radius 2 is 2.05 bits per heavy atom. The van der Waals surface area contributed by atoms with Crippen LogP contribution in [0.25, 0.3) is 0 Å². The number of hydrogen-bond acceptors (Lipinski definition) is 5. The second-order valence-electron chi connectivity index (χ2n) is 4.68. The minimum atomic E-state index is -3.39. The van der Waals surface area contributed by atoms with Crippen molar-refractivity contribution >= 4 is 15.7 Å². The molecule has 0 aliphatic rings. The Bertz CT molecular complexity index is 558. The molecule has 1 aromatic rings. The normalized spacial score (nSPS) is 11.8. The zero-order valence-corrected chi connectivity index (χ0v) is 12.3. The summed E-state index contributed by atoms with van der Waals surface area (Å²) >= 11 is 0. The van der Waals surface area contributed by atoms with Crippen LogP contribution in [-0.2, 0) is 16.6 Å². The van der Waals surface area contributed by atoms with Gasteiger partial charge < -0.3 is 5.32 Å². The maximum absolute atomic E-state index is 11.7. The van der Waals surface area contributed by atoms with Crippen LogP contribution in [-0.4, -0.2) is 31.7 Å². The zero-order valence-electron chi connectivity index (χ0n) is 11.5. The third-order valence-corrected chi connectivity index (χ3v) is 3.87. The quantitative estimate of drug-likeness (QED) is 0.551. The SMILES string of the molecule is CC(C)NCCS(=O)(=O)NCc1cccc([N+](=O)[O-])c1. The van der Waals surface area contributed by atoms with Crippen molar-refractivity contribution in [2.45, 2.75) is 26.4 Å². The molecule has 0 amide bonds. The summed E-state index contributed by atoms with van der Waals surface area (Å²) in [5, 5.41) is 13.6. The van der Waals surface area contributed by atoms with E-state index in [2.05, 4.69) is 10.0 Å². The second-order valence-corrected chi connectivity index (χ2v) is 6.60. The van der Waals surface area contributed by atoms with Crippen LogP contribution in [0.3, 0.4) is 0 Å². The van der Waals surface area contributed by atoms with Crippen LogP contribution in [0.5, 0.6) is 0 Å². The first-order valence-electron chi connectivity index (χ1n) is 6.24. The summed E-state index contributed by atoms with van der Waals surface area (Å²) < 4.78 is 25.9. The lowest BCUT2D eigenvalue weighted by Gasteiger charge is -2.09. The van der Waals surface area contributed by atoms with E-state index in [0.717, 1.165) is 0 Å². The standard InChI is InChI=1S/C12H19N3O4S/c1-10(2)13-6-7-20(18,19)14-9-11-4-3-5-12(8-11)15(16)17/h3-5,8,10,13-14H,6-7,9H2,1-2H3. The monoisotopic (exact) mass is 301 g/mol. The van der Waals surface area contributed by atoms with Crippen molar-refractivity contribution in [3.63, 3.8) is 0 Å². The summed E-state index contributed by atoms with van der Waals surface area (Å²) in [6.45, 7) is 4.28. The molecule has 20 heavy (non-hydrogen) atoms. The molecule has 0 aromatic heterocycles. The van der Waals surface area contributed by atoms with Crippen molar-refractivity contribution in [1.82, 2.24) is 10.0 Å². The van der Waals surface area contributed by atoms with Gasteiger partial charge in [0.15, 0.2) is 0 Å². The predicted molar refractivity (Wildman–Crippen MR) is 76.9 cm³/mol. The molecule has 112 valence electrons. The molecule has 1 aromatic carbocycles. The van der Waals surface area contributed by atoms with E-state index in [1.54, 1.807) is 6.07 Å². The third kappa shape index (κ3) is 6.09. The van der Waals surface area contributed by atoms with E-state index in [9.17, 15) is 18.5 Å². The molecule has 0 atom stereocenters. The summed E-state index contributed by atoms with van der Waals surface area (Å²) in [6, 6.07) is 6.12. The first-order valence-corrected chi connectivity index (χ1v) is 7.89. The van der Waals surface area contributed by atoms with Crippen molar-refractivity contribution in [2.75, 3.05) is 12.3 Å². The highest BCUT2D eigenvalue weighted by molar-refractivity contribution is 7.89. The molecular formula is C12H19N3O4S. The molecule has 0 saturated carbocycles. The number of nitro groups is 1. The molecule has 0 radical (unpaired) electrons. The van der Waals surface area contributed by atoms with Gasteiger partial charge in [-0.1, -0.05) is 26.0 Å². The Labute approximate surface area is 118 Å². The molecule has 2 N–H and O–H groups in total. The largest absolute Gasteiger partial charge is 0.313 e. The highest BCUT2D eigenvalue weighted by atomic mass is 32.2. The van der Waals surface area contributed by atoms with E-state index in [1.165, 1.54) is 18.2 Å². The summed E-state index contributed by atoms with van der Waals surface area (Å²) in [4.78, 5) is 10.1. The minimum Gasteiger partial charge on any atom is -0.313 e. The maximum atomic E-state index is 11.7. The number of nitro benzene ring substituents is 1. The van der Waals surface area contributed by atoms with Gasteiger partial charge in [0.2, 0.25) is 10.0 Å². The summed E-state index contributed by atoms with van der Waals surface area (Å²) in [6.07, 6.45) is 0. The fourth-order valence-electron chi connectivity index (χ4n) is 1.53. The molecule has 7 nitrogen and oxygen atoms in total. The number of rotatable bonds is 8. The van der Waals surface area contributed by atoms with E-state index < -0.39 is 14.9 Å². The summed E-state index contributed by atoms with van der Waals surface area (Å²) in [7, 11) is -3.39. The van der Waals surface area contributed by atoms with Crippen molar-refractivity contribution in [2.24, 2.45) is 0 Å². The average molecular weight is 301 g/mol. The van der Waals surface area contributed by atoms with Crippen molar-refractivity contribution in [3.8, 4) is 0 Å². The van der Waals surface area contributed by atoms with Gasteiger partial charge in [-0.05, 0) is 5.56 Å². The first-order chi connectivity index (χ1) is 9.30. The van der Waals surface area contributed by atoms with Gasteiger partial charge in [0.05, 0.1) is 10.7 Å². The molecule has 0 aliphatic carbocycles. The Morgan fingerprint density at radius 3 is 2.65 bits per heavy atom. The maximum Gasteiger partial charge on any atom is 0.269 e. The molecule has 8 heteroatoms. The van der Waals surface area contributed by atoms with E-state index in [-0.39, 0.29) is 24.0 Å². The van der Waals surface area contributed by atoms with Gasteiger partial charge in [-0.3, -0.25) is 10.1 Å². The van der Waals surface area contributed by atoms with Crippen LogP contribution in [0.4, 0.5) is 5.69 Å². The smallest absolute Gasteiger partial charge is 0.269 e. The summed E-state index contributed by atoms with van der Waals surface area (Å²) in [5.74, 6) is -0.0277. The Morgan fingerprint density at radius 1 is 1.35 bits per heavy atom. The highest BCUT2D eigenvalue weighted by Crippen LogP contribution is 2.12. The molecule has 0 saturated heterocycles. The van der Waals surface area contributed by atoms with Crippen LogP contribution < -0.4 is 10.0 Å². The van der Waals surface area contributed by atoms with Gasteiger partial charge >= 0.3 is 0 Å². The van der Waals surface area contributed by atoms with Gasteiger partial charge in [-0.15, -0.1) is 0 Å². The summed E-state index contributed by atoms with van der Waals surface area (Å²) in [5.41, 5.74) is 0.503. The van der Waals surface area contributed by atoms with E-state index in [4.69, 9.17) is 0 Å². The zero-order chi connectivity index (χ0) is 15.2. The van der Waals surface area contributed by atoms with Crippen molar-refractivity contribution in [1.29, 1.82) is 0 Å². The number of sulfonamides is 1. The fourth-order valence-corrected chi connectivity index (χ4v) is 2.44. The van der Waals surface area contributed by atoms with E-state index in [0.29, 0.717) is 12.1 Å². The Balaban J connectivity index is 2.53. The van der Waals surface area contributed by atoms with Gasteiger partial charge in [0, 0.05) is 31.3 Å². The topological polar surface area (TPSA) is 101 Å². The molecular weight excluding hydrogens is 282 g/mol. The lowest BCUT2D eigenvalue weighted by molar-refractivity contribution is -0.384. The Hall–Kier alpha value is -1.51. The van der Waals surface area contributed by atoms with Crippen molar-refractivity contribution in [3.05, 3.63) is 39.9 Å². The van der Waals surface area contributed by atoms with E-state index >= 15 is 0 Å². The molecule has 0 spiro atoms. The highest BCUT2D eigenvalue weighted by Gasteiger charge is 2.11. The third-order valence-electron chi connectivity index (χ3n) is 2.54. The molecule has 0 heterocycles. The van der Waals surface area contributed by atoms with Gasteiger partial charge in [-0.2, -0.15) is 0 Å². The number of nitrogens with one attached hydrogen (secondary N) is 2. The fraction of sp³-hybridized carbons (Fsp3) is 0.500. The lowest BCUT2D eigenvalue weighted by Crippen LogP contribution is -2.34. The average Bonchev–Trinajstić information content (AvgIpc) is 2.36. The van der Waals surface area contributed by atoms with Crippen LogP contribution in [0.2, 0.25) is 0 Å². The van der Waals surface area contributed by atoms with Crippen LogP contribution in [0.1, 0.15) is 19.4 Å². The minimum absolute atomic E-state index is 0.0277. The first kappa shape index (κ1) is 16.5. The predicted octanol–water partition coefficient (Wildman–Crippen LogP) is 1.01. The number of non-ortho nitro benzene ring substituents is 1. The van der Waals surface area contributed by atoms with Gasteiger partial charge in [-0.25, -0.2) is 13.1 Å². The molecule has 1 rings (SSSR count). The van der Waals surface area contributed by atoms with E-state index in [1.807, 2.05) is 13.8 Å². The molecule has 0 fully saturated rings. The number of nitrogens with zero attached hydrogens (tertiary/aromatic N) is 1. The number of hydrogen-bond donors (Lipinski definition) is 2. The molecule has 0 unspecified atom stereocenters.